The van der Waals surface area contributed by atoms with Crippen LogP contribution >= 0.6 is 0 Å². The third kappa shape index (κ3) is 7.25. The monoisotopic (exact) mass is 248 g/mol. The molecular formula is C9H16N2O6. The van der Waals surface area contributed by atoms with Crippen molar-refractivity contribution in [1.29, 1.82) is 0 Å². The zero-order chi connectivity index (χ0) is 13.1. The summed E-state index contributed by atoms with van der Waals surface area (Å²) in [4.78, 5) is 30.7. The standard InChI is InChI=1S/C9H16N2O6/c1-3-15-9(13)7(11-14-2)4-5-16-8(12)6-17-10/h3-6,10H2,1-2H3. The molecule has 0 aliphatic heterocycles. The lowest BCUT2D eigenvalue weighted by atomic mass is 10.3. The van der Waals surface area contributed by atoms with Crippen molar-refractivity contribution < 1.29 is 28.7 Å². The summed E-state index contributed by atoms with van der Waals surface area (Å²) < 4.78 is 9.43. The van der Waals surface area contributed by atoms with E-state index in [1.54, 1.807) is 6.92 Å². The molecule has 0 aliphatic carbocycles. The summed E-state index contributed by atoms with van der Waals surface area (Å²) in [5.74, 6) is 3.44. The molecular weight excluding hydrogens is 232 g/mol. The van der Waals surface area contributed by atoms with Gasteiger partial charge in [0.25, 0.3) is 0 Å². The molecule has 0 aromatic rings. The van der Waals surface area contributed by atoms with Gasteiger partial charge < -0.3 is 14.3 Å². The van der Waals surface area contributed by atoms with Gasteiger partial charge in [0.1, 0.15) is 7.11 Å². The number of carbonyl (C=O) groups excluding carboxylic acids is 2. The Hall–Kier alpha value is -1.67. The number of oxime groups is 1. The molecule has 0 bridgehead atoms. The Kier molecular flexibility index (Phi) is 8.61. The highest BCUT2D eigenvalue weighted by molar-refractivity contribution is 6.36. The molecule has 17 heavy (non-hydrogen) atoms. The van der Waals surface area contributed by atoms with E-state index in [0.717, 1.165) is 0 Å². The number of hydrogen-bond acceptors (Lipinski definition) is 8. The maximum absolute atomic E-state index is 11.3. The Morgan fingerprint density at radius 1 is 1.29 bits per heavy atom. The fraction of sp³-hybridized carbons (Fsp3) is 0.667. The predicted octanol–water partition coefficient (Wildman–Crippen LogP) is -0.624. The van der Waals surface area contributed by atoms with E-state index in [2.05, 4.69) is 20.7 Å². The van der Waals surface area contributed by atoms with Gasteiger partial charge in [-0.1, -0.05) is 5.16 Å². The van der Waals surface area contributed by atoms with Crippen LogP contribution < -0.4 is 5.90 Å². The van der Waals surface area contributed by atoms with Gasteiger partial charge in [0.2, 0.25) is 0 Å². The lowest BCUT2D eigenvalue weighted by Crippen LogP contribution is -2.22. The number of carbonyl (C=O) groups is 2. The zero-order valence-electron chi connectivity index (χ0n) is 9.80. The molecule has 0 radical (unpaired) electrons. The van der Waals surface area contributed by atoms with Gasteiger partial charge in [-0.15, -0.1) is 0 Å². The highest BCUT2D eigenvalue weighted by atomic mass is 16.6. The van der Waals surface area contributed by atoms with Crippen molar-refractivity contribution in [3.05, 3.63) is 0 Å². The van der Waals surface area contributed by atoms with Crippen LogP contribution in [0.3, 0.4) is 0 Å². The van der Waals surface area contributed by atoms with Crippen LogP contribution in [0.2, 0.25) is 0 Å². The first-order valence-corrected chi connectivity index (χ1v) is 4.90. The van der Waals surface area contributed by atoms with Gasteiger partial charge in [0, 0.05) is 6.42 Å². The fourth-order valence-electron chi connectivity index (χ4n) is 0.881. The summed E-state index contributed by atoms with van der Waals surface area (Å²) in [5, 5.41) is 3.48. The minimum Gasteiger partial charge on any atom is -0.464 e. The molecule has 0 aromatic carbocycles. The predicted molar refractivity (Wildman–Crippen MR) is 56.8 cm³/mol. The van der Waals surface area contributed by atoms with Crippen LogP contribution in [0, 0.1) is 0 Å². The van der Waals surface area contributed by atoms with E-state index in [4.69, 9.17) is 9.47 Å². The van der Waals surface area contributed by atoms with E-state index in [0.29, 0.717) is 0 Å². The Bertz CT molecular complexity index is 279. The van der Waals surface area contributed by atoms with E-state index in [1.807, 2.05) is 0 Å². The van der Waals surface area contributed by atoms with Gasteiger partial charge in [-0.2, -0.15) is 0 Å². The highest BCUT2D eigenvalue weighted by Crippen LogP contribution is 1.95. The third-order valence-electron chi connectivity index (χ3n) is 1.52. The van der Waals surface area contributed by atoms with Crippen molar-refractivity contribution in [2.45, 2.75) is 13.3 Å². The molecule has 0 spiro atoms. The van der Waals surface area contributed by atoms with Gasteiger partial charge in [0.15, 0.2) is 12.3 Å². The lowest BCUT2D eigenvalue weighted by Gasteiger charge is -2.06. The maximum atomic E-state index is 11.3. The summed E-state index contributed by atoms with van der Waals surface area (Å²) in [6, 6.07) is 0. The summed E-state index contributed by atoms with van der Waals surface area (Å²) in [5.41, 5.74) is 0.0378. The Morgan fingerprint density at radius 2 is 2.00 bits per heavy atom. The van der Waals surface area contributed by atoms with Crippen LogP contribution in [0.15, 0.2) is 5.16 Å². The van der Waals surface area contributed by atoms with Gasteiger partial charge in [-0.25, -0.2) is 15.5 Å². The molecule has 0 aromatic heterocycles. The molecule has 0 heterocycles. The average molecular weight is 248 g/mol. The Labute approximate surface area is 98.6 Å². The number of nitrogens with two attached hydrogens (primary N) is 1. The smallest absolute Gasteiger partial charge is 0.356 e. The Morgan fingerprint density at radius 3 is 2.53 bits per heavy atom. The van der Waals surface area contributed by atoms with Crippen molar-refractivity contribution in [3.63, 3.8) is 0 Å². The molecule has 0 amide bonds. The normalized spacial score (nSPS) is 10.9. The van der Waals surface area contributed by atoms with Crippen molar-refractivity contribution in [3.8, 4) is 0 Å². The quantitative estimate of drug-likeness (QED) is 0.346. The van der Waals surface area contributed by atoms with Crippen LogP contribution in [-0.2, 0) is 28.7 Å². The summed E-state index contributed by atoms with van der Waals surface area (Å²) in [7, 11) is 1.30. The number of nitrogens with zero attached hydrogens (tertiary/aromatic N) is 1. The molecule has 0 rings (SSSR count). The second kappa shape index (κ2) is 9.55. The second-order valence-electron chi connectivity index (χ2n) is 2.72. The van der Waals surface area contributed by atoms with Crippen LogP contribution in [0.1, 0.15) is 13.3 Å². The van der Waals surface area contributed by atoms with E-state index >= 15 is 0 Å². The molecule has 8 nitrogen and oxygen atoms in total. The van der Waals surface area contributed by atoms with Gasteiger partial charge >= 0.3 is 11.9 Å². The first-order chi connectivity index (χ1) is 8.15. The van der Waals surface area contributed by atoms with Crippen LogP contribution in [0.5, 0.6) is 0 Å². The molecule has 0 saturated heterocycles. The van der Waals surface area contributed by atoms with E-state index < -0.39 is 11.9 Å². The first-order valence-electron chi connectivity index (χ1n) is 4.90. The van der Waals surface area contributed by atoms with E-state index in [1.165, 1.54) is 7.11 Å². The minimum atomic E-state index is -0.631. The second-order valence-corrected chi connectivity index (χ2v) is 2.72. The van der Waals surface area contributed by atoms with Gasteiger partial charge in [0.05, 0.1) is 13.2 Å². The first kappa shape index (κ1) is 15.3. The molecule has 2 N–H and O–H groups in total. The van der Waals surface area contributed by atoms with Crippen LogP contribution in [-0.4, -0.2) is 44.6 Å². The molecule has 98 valence electrons. The average Bonchev–Trinajstić information content (AvgIpc) is 2.28. The number of rotatable bonds is 8. The van der Waals surface area contributed by atoms with E-state index in [9.17, 15) is 9.59 Å². The van der Waals surface area contributed by atoms with Gasteiger partial charge in [-0.05, 0) is 6.92 Å². The number of ether oxygens (including phenoxy) is 2. The van der Waals surface area contributed by atoms with E-state index in [-0.39, 0.29) is 32.0 Å². The van der Waals surface area contributed by atoms with Crippen molar-refractivity contribution >= 4 is 17.7 Å². The fourth-order valence-corrected chi connectivity index (χ4v) is 0.881. The summed E-state index contributed by atoms with van der Waals surface area (Å²) >= 11 is 0. The zero-order valence-corrected chi connectivity index (χ0v) is 9.80. The molecule has 0 atom stereocenters. The minimum absolute atomic E-state index is 0.0378. The van der Waals surface area contributed by atoms with Gasteiger partial charge in [-0.3, -0.25) is 4.84 Å². The summed E-state index contributed by atoms with van der Waals surface area (Å²) in [6.07, 6.45) is 0.0863. The largest absolute Gasteiger partial charge is 0.464 e. The molecule has 0 fully saturated rings. The van der Waals surface area contributed by atoms with Crippen LogP contribution in [0.25, 0.3) is 0 Å². The molecule has 0 unspecified atom stereocenters. The molecule has 8 heteroatoms. The van der Waals surface area contributed by atoms with Crippen molar-refractivity contribution in [2.24, 2.45) is 11.1 Å². The molecule has 0 aliphatic rings. The molecule has 0 saturated carbocycles. The maximum Gasteiger partial charge on any atom is 0.356 e. The number of esters is 2. The topological polar surface area (TPSA) is 109 Å². The van der Waals surface area contributed by atoms with Crippen molar-refractivity contribution in [2.75, 3.05) is 26.9 Å². The lowest BCUT2D eigenvalue weighted by molar-refractivity contribution is -0.149. The number of hydrogen-bond donors (Lipinski definition) is 1. The highest BCUT2D eigenvalue weighted by Gasteiger charge is 2.14. The van der Waals surface area contributed by atoms with Crippen LogP contribution in [0.4, 0.5) is 0 Å². The Balaban J connectivity index is 4.06. The summed E-state index contributed by atoms with van der Waals surface area (Å²) in [6.45, 7) is 1.50. The SMILES string of the molecule is CCOC(=O)C(CCOC(=O)CON)=NOC. The third-order valence-corrected chi connectivity index (χ3v) is 1.52. The van der Waals surface area contributed by atoms with Crippen molar-refractivity contribution in [1.82, 2.24) is 0 Å².